The molecule has 17 heteroatoms. The summed E-state index contributed by atoms with van der Waals surface area (Å²) in [7, 11) is -3.74. The highest BCUT2D eigenvalue weighted by molar-refractivity contribution is 7.90. The first kappa shape index (κ1) is 28.5. The van der Waals surface area contributed by atoms with Crippen LogP contribution in [-0.4, -0.2) is 37.1 Å². The third-order valence-corrected chi connectivity index (χ3v) is 5.75. The smallest absolute Gasteiger partial charge is 0.434 e. The SMILES string of the molecule is Cc1c(C(F)(F)F)nnc(Oc2ccc(OC(F)(F)F)c(F)c2F)c1C(=O)Nc1cccc(S(C)(=O)=O)c1. The summed E-state index contributed by atoms with van der Waals surface area (Å²) in [6, 6.07) is 5.38. The third-order valence-electron chi connectivity index (χ3n) is 4.64. The van der Waals surface area contributed by atoms with Gasteiger partial charge in [-0.25, -0.2) is 8.42 Å². The van der Waals surface area contributed by atoms with E-state index in [4.69, 9.17) is 4.74 Å². The van der Waals surface area contributed by atoms with Crippen LogP contribution < -0.4 is 14.8 Å². The Kier molecular flexibility index (Phi) is 7.54. The number of carbonyl (C=O) groups excluding carboxylic acids is 1. The molecule has 0 atom stereocenters. The van der Waals surface area contributed by atoms with E-state index in [0.717, 1.165) is 19.2 Å². The maximum atomic E-state index is 14.4. The molecule has 8 nitrogen and oxygen atoms in total. The van der Waals surface area contributed by atoms with E-state index in [-0.39, 0.29) is 10.6 Å². The van der Waals surface area contributed by atoms with Crippen LogP contribution in [0.2, 0.25) is 0 Å². The van der Waals surface area contributed by atoms with Crippen molar-refractivity contribution in [2.45, 2.75) is 24.4 Å². The lowest BCUT2D eigenvalue weighted by Crippen LogP contribution is -2.21. The van der Waals surface area contributed by atoms with E-state index < -0.39 is 74.1 Å². The fourth-order valence-electron chi connectivity index (χ4n) is 3.01. The zero-order valence-electron chi connectivity index (χ0n) is 18.8. The zero-order valence-corrected chi connectivity index (χ0v) is 19.6. The average molecular weight is 571 g/mol. The van der Waals surface area contributed by atoms with Crippen molar-refractivity contribution in [3.63, 3.8) is 0 Å². The Morgan fingerprint density at radius 2 is 1.55 bits per heavy atom. The largest absolute Gasteiger partial charge is 0.573 e. The first-order chi connectivity index (χ1) is 17.4. The molecule has 1 N–H and O–H groups in total. The summed E-state index contributed by atoms with van der Waals surface area (Å²) in [4.78, 5) is 12.7. The van der Waals surface area contributed by atoms with Gasteiger partial charge in [0, 0.05) is 11.9 Å². The molecule has 0 spiro atoms. The molecule has 1 heterocycles. The van der Waals surface area contributed by atoms with Crippen LogP contribution in [0.5, 0.6) is 17.4 Å². The van der Waals surface area contributed by atoms with Gasteiger partial charge in [0.1, 0.15) is 5.56 Å². The van der Waals surface area contributed by atoms with Crippen LogP contribution in [-0.2, 0) is 16.0 Å². The number of rotatable bonds is 6. The number of hydrogen-bond donors (Lipinski definition) is 1. The van der Waals surface area contributed by atoms with Crippen LogP contribution >= 0.6 is 0 Å². The maximum absolute atomic E-state index is 14.4. The van der Waals surface area contributed by atoms with Crippen molar-refractivity contribution < 1.29 is 57.8 Å². The first-order valence-corrected chi connectivity index (χ1v) is 11.7. The standard InChI is InChI=1S/C21H13F8N3O5S/c1-9-14(18(33)30-10-4-3-5-11(8-10)38(2,34)35)19(32-31-17(9)20(24,25)26)36-12-6-7-13(16(23)15(12)22)37-21(27,28)29/h3-8H,1-2H3,(H,30,33). The van der Waals surface area contributed by atoms with Gasteiger partial charge in [0.2, 0.25) is 11.6 Å². The Labute approximate surface area is 208 Å². The Bertz CT molecular complexity index is 1510. The monoisotopic (exact) mass is 571 g/mol. The molecule has 0 radical (unpaired) electrons. The second-order valence-electron chi connectivity index (χ2n) is 7.45. The highest BCUT2D eigenvalue weighted by Gasteiger charge is 2.39. The summed E-state index contributed by atoms with van der Waals surface area (Å²) in [5.41, 5.74) is -3.65. The van der Waals surface area contributed by atoms with Crippen LogP contribution in [0.4, 0.5) is 40.8 Å². The van der Waals surface area contributed by atoms with E-state index in [1.165, 1.54) is 18.2 Å². The molecule has 0 aliphatic rings. The molecule has 0 aliphatic carbocycles. The lowest BCUT2D eigenvalue weighted by atomic mass is 10.1. The third kappa shape index (κ3) is 6.45. The fraction of sp³-hybridized carbons (Fsp3) is 0.190. The number of nitrogens with one attached hydrogen (secondary N) is 1. The topological polar surface area (TPSA) is 107 Å². The number of hydrogen-bond acceptors (Lipinski definition) is 7. The summed E-state index contributed by atoms with van der Waals surface area (Å²) in [5.74, 6) is -9.35. The number of carbonyl (C=O) groups is 1. The van der Waals surface area contributed by atoms with Crippen LogP contribution in [0.25, 0.3) is 0 Å². The molecule has 3 aromatic rings. The Morgan fingerprint density at radius 1 is 0.947 bits per heavy atom. The molecular weight excluding hydrogens is 558 g/mol. The fourth-order valence-corrected chi connectivity index (χ4v) is 3.67. The normalized spacial score (nSPS) is 12.3. The number of alkyl halides is 6. The number of sulfone groups is 1. The quantitative estimate of drug-likeness (QED) is 0.394. The Hall–Kier alpha value is -4.02. The van der Waals surface area contributed by atoms with Gasteiger partial charge in [0.25, 0.3) is 11.8 Å². The van der Waals surface area contributed by atoms with Gasteiger partial charge in [-0.3, -0.25) is 4.79 Å². The molecule has 0 fully saturated rings. The van der Waals surface area contributed by atoms with Crippen molar-refractivity contribution in [1.29, 1.82) is 0 Å². The number of anilines is 1. The number of benzene rings is 2. The number of halogens is 8. The van der Waals surface area contributed by atoms with Crippen LogP contribution in [0.3, 0.4) is 0 Å². The van der Waals surface area contributed by atoms with E-state index >= 15 is 0 Å². The summed E-state index contributed by atoms with van der Waals surface area (Å²) in [6.07, 6.45) is -9.62. The molecule has 1 aromatic heterocycles. The second-order valence-corrected chi connectivity index (χ2v) is 9.46. The van der Waals surface area contributed by atoms with Gasteiger partial charge < -0.3 is 14.8 Å². The minimum atomic E-state index is -5.37. The summed E-state index contributed by atoms with van der Waals surface area (Å²) in [6.45, 7) is 0.795. The van der Waals surface area contributed by atoms with E-state index in [1.807, 2.05) is 0 Å². The van der Waals surface area contributed by atoms with E-state index in [1.54, 1.807) is 0 Å². The van der Waals surface area contributed by atoms with Gasteiger partial charge in [-0.05, 0) is 42.8 Å². The lowest BCUT2D eigenvalue weighted by molar-refractivity contribution is -0.275. The minimum absolute atomic E-state index is 0.181. The summed E-state index contributed by atoms with van der Waals surface area (Å²) < 4.78 is 138. The van der Waals surface area contributed by atoms with E-state index in [2.05, 4.69) is 20.3 Å². The van der Waals surface area contributed by atoms with Crippen molar-refractivity contribution in [3.05, 3.63) is 64.9 Å². The average Bonchev–Trinajstić information content (AvgIpc) is 2.77. The Balaban J connectivity index is 2.08. The molecule has 0 saturated carbocycles. The number of nitrogens with zero attached hydrogens (tertiary/aromatic N) is 2. The van der Waals surface area contributed by atoms with Gasteiger partial charge in [-0.2, -0.15) is 22.0 Å². The lowest BCUT2D eigenvalue weighted by Gasteiger charge is -2.17. The first-order valence-electron chi connectivity index (χ1n) is 9.86. The van der Waals surface area contributed by atoms with Crippen molar-refractivity contribution in [2.75, 3.05) is 11.6 Å². The number of amides is 1. The van der Waals surface area contributed by atoms with Gasteiger partial charge in [0.15, 0.2) is 27.0 Å². The van der Waals surface area contributed by atoms with Crippen LogP contribution in [0.1, 0.15) is 21.6 Å². The van der Waals surface area contributed by atoms with E-state index in [0.29, 0.717) is 12.1 Å². The van der Waals surface area contributed by atoms with Crippen molar-refractivity contribution >= 4 is 21.4 Å². The maximum Gasteiger partial charge on any atom is 0.573 e. The van der Waals surface area contributed by atoms with Crippen molar-refractivity contribution in [2.24, 2.45) is 0 Å². The predicted molar refractivity (Wildman–Crippen MR) is 112 cm³/mol. The highest BCUT2D eigenvalue weighted by atomic mass is 32.2. The molecule has 0 saturated heterocycles. The van der Waals surface area contributed by atoms with Gasteiger partial charge in [0.05, 0.1) is 4.90 Å². The van der Waals surface area contributed by atoms with Gasteiger partial charge in [-0.1, -0.05) is 6.07 Å². The van der Waals surface area contributed by atoms with Gasteiger partial charge >= 0.3 is 12.5 Å². The minimum Gasteiger partial charge on any atom is -0.434 e. The van der Waals surface area contributed by atoms with Gasteiger partial charge in [-0.15, -0.1) is 23.4 Å². The van der Waals surface area contributed by atoms with Crippen molar-refractivity contribution in [3.8, 4) is 17.4 Å². The molecule has 0 aliphatic heterocycles. The molecule has 1 amide bonds. The van der Waals surface area contributed by atoms with Crippen LogP contribution in [0, 0.1) is 18.6 Å². The molecule has 38 heavy (non-hydrogen) atoms. The number of ether oxygens (including phenoxy) is 2. The second kappa shape index (κ2) is 10.0. The molecule has 3 rings (SSSR count). The molecule has 204 valence electrons. The summed E-state index contributed by atoms with van der Waals surface area (Å²) in [5, 5.41) is 8.18. The zero-order chi connectivity index (χ0) is 28.6. The predicted octanol–water partition coefficient (Wildman–Crippen LogP) is 5.43. The summed E-state index contributed by atoms with van der Waals surface area (Å²) >= 11 is 0. The van der Waals surface area contributed by atoms with Crippen LogP contribution in [0.15, 0.2) is 41.3 Å². The molecular formula is C21H13F8N3O5S. The number of aromatic nitrogens is 2. The Morgan fingerprint density at radius 3 is 2.13 bits per heavy atom. The highest BCUT2D eigenvalue weighted by Crippen LogP contribution is 2.37. The molecule has 0 bridgehead atoms. The van der Waals surface area contributed by atoms with E-state index in [9.17, 15) is 48.3 Å². The molecule has 0 unspecified atom stereocenters. The molecule has 2 aromatic carbocycles. The van der Waals surface area contributed by atoms with Crippen molar-refractivity contribution in [1.82, 2.24) is 10.2 Å².